The van der Waals surface area contributed by atoms with Crippen molar-refractivity contribution in [3.05, 3.63) is 0 Å². The van der Waals surface area contributed by atoms with E-state index in [0.29, 0.717) is 0 Å². The van der Waals surface area contributed by atoms with Gasteiger partial charge in [0.1, 0.15) is 6.04 Å². The van der Waals surface area contributed by atoms with Crippen LogP contribution in [-0.4, -0.2) is 59.9 Å². The van der Waals surface area contributed by atoms with Gasteiger partial charge in [-0.2, -0.15) is 0 Å². The van der Waals surface area contributed by atoms with Crippen molar-refractivity contribution in [3.8, 4) is 0 Å². The van der Waals surface area contributed by atoms with Gasteiger partial charge in [-0.05, 0) is 19.8 Å². The Morgan fingerprint density at radius 2 is 1.94 bits per heavy atom. The molecule has 0 aromatic carbocycles. The van der Waals surface area contributed by atoms with Gasteiger partial charge >= 0.3 is 0 Å². The fourth-order valence-electron chi connectivity index (χ4n) is 2.76. The lowest BCUT2D eigenvalue weighted by Crippen LogP contribution is -2.57. The zero-order chi connectivity index (χ0) is 12.4. The maximum absolute atomic E-state index is 12.4. The number of amides is 2. The molecular weight excluding hydrogens is 254 g/mol. The average Bonchev–Trinajstić information content (AvgIpc) is 2.77. The van der Waals surface area contributed by atoms with E-state index >= 15 is 0 Å². The summed E-state index contributed by atoms with van der Waals surface area (Å²) in [5, 5.41) is 3.27. The molecule has 0 aromatic heterocycles. The Balaban J connectivity index is 0.00000162. The first-order chi connectivity index (χ1) is 8.11. The second-order valence-electron chi connectivity index (χ2n) is 4.96. The molecule has 2 aliphatic rings. The van der Waals surface area contributed by atoms with Crippen LogP contribution < -0.4 is 5.32 Å². The van der Waals surface area contributed by atoms with Gasteiger partial charge in [-0.25, -0.2) is 0 Å². The molecule has 104 valence electrons. The van der Waals surface area contributed by atoms with Crippen LogP contribution in [0.15, 0.2) is 0 Å². The van der Waals surface area contributed by atoms with Crippen LogP contribution in [0.25, 0.3) is 0 Å². The van der Waals surface area contributed by atoms with Crippen molar-refractivity contribution in [3.63, 3.8) is 0 Å². The number of nitrogens with one attached hydrogen (secondary N) is 1. The third-order valence-electron chi connectivity index (χ3n) is 3.73. The molecule has 1 N–H and O–H groups in total. The molecule has 2 amide bonds. The predicted octanol–water partition coefficient (Wildman–Crippen LogP) is 0.239. The molecule has 6 heteroatoms. The van der Waals surface area contributed by atoms with Crippen LogP contribution in [0.3, 0.4) is 0 Å². The smallest absolute Gasteiger partial charge is 0.245 e. The highest BCUT2D eigenvalue weighted by atomic mass is 35.5. The molecule has 2 fully saturated rings. The molecule has 0 saturated carbocycles. The maximum atomic E-state index is 12.4. The van der Waals surface area contributed by atoms with E-state index in [1.54, 1.807) is 11.8 Å². The van der Waals surface area contributed by atoms with Gasteiger partial charge in [-0.1, -0.05) is 0 Å². The Labute approximate surface area is 114 Å². The molecule has 2 saturated heterocycles. The topological polar surface area (TPSA) is 52.7 Å². The van der Waals surface area contributed by atoms with Gasteiger partial charge in [-0.15, -0.1) is 12.4 Å². The normalized spacial score (nSPS) is 27.9. The van der Waals surface area contributed by atoms with E-state index in [1.165, 1.54) is 0 Å². The van der Waals surface area contributed by atoms with E-state index in [4.69, 9.17) is 0 Å². The number of nitrogens with zero attached hydrogens (tertiary/aromatic N) is 2. The molecule has 18 heavy (non-hydrogen) atoms. The molecule has 0 aliphatic carbocycles. The van der Waals surface area contributed by atoms with Gasteiger partial charge in [0.25, 0.3) is 0 Å². The van der Waals surface area contributed by atoms with Crippen LogP contribution in [0.1, 0.15) is 26.7 Å². The van der Waals surface area contributed by atoms with Crippen LogP contribution in [0, 0.1) is 0 Å². The lowest BCUT2D eigenvalue weighted by Gasteiger charge is -2.37. The lowest BCUT2D eigenvalue weighted by molar-refractivity contribution is -0.144. The van der Waals surface area contributed by atoms with Crippen LogP contribution in [0.4, 0.5) is 0 Å². The van der Waals surface area contributed by atoms with E-state index in [2.05, 4.69) is 12.2 Å². The first kappa shape index (κ1) is 15.2. The zero-order valence-electron chi connectivity index (χ0n) is 11.0. The van der Waals surface area contributed by atoms with Gasteiger partial charge in [0.15, 0.2) is 0 Å². The second kappa shape index (κ2) is 6.38. The third kappa shape index (κ3) is 2.95. The van der Waals surface area contributed by atoms with Gasteiger partial charge in [-0.3, -0.25) is 9.59 Å². The predicted molar refractivity (Wildman–Crippen MR) is 71.7 cm³/mol. The first-order valence-corrected chi connectivity index (χ1v) is 6.39. The van der Waals surface area contributed by atoms with E-state index < -0.39 is 0 Å². The first-order valence-electron chi connectivity index (χ1n) is 6.39. The number of carbonyl (C=O) groups excluding carboxylic acids is 2. The minimum absolute atomic E-state index is 0. The third-order valence-corrected chi connectivity index (χ3v) is 3.73. The molecule has 5 nitrogen and oxygen atoms in total. The van der Waals surface area contributed by atoms with Gasteiger partial charge in [0.05, 0.1) is 0 Å². The van der Waals surface area contributed by atoms with Crippen molar-refractivity contribution in [2.75, 3.05) is 26.2 Å². The Morgan fingerprint density at radius 1 is 1.22 bits per heavy atom. The average molecular weight is 276 g/mol. The summed E-state index contributed by atoms with van der Waals surface area (Å²) in [5.74, 6) is 0.148. The summed E-state index contributed by atoms with van der Waals surface area (Å²) in [6.07, 6.45) is 1.76. The summed E-state index contributed by atoms with van der Waals surface area (Å²) in [6, 6.07) is 0.0127. The molecule has 1 unspecified atom stereocenters. The molecule has 2 heterocycles. The number of likely N-dealkylation sites (tertiary alicyclic amines) is 1. The van der Waals surface area contributed by atoms with Crippen LogP contribution in [-0.2, 0) is 9.59 Å². The SMILES string of the molecule is CC(=O)N1CCCC1C(=O)N1CCNC[C@H]1C.Cl. The van der Waals surface area contributed by atoms with Gasteiger partial charge in [0, 0.05) is 39.1 Å². The molecule has 2 aliphatic heterocycles. The van der Waals surface area contributed by atoms with Crippen LogP contribution >= 0.6 is 12.4 Å². The van der Waals surface area contributed by atoms with Gasteiger partial charge < -0.3 is 15.1 Å². The highest BCUT2D eigenvalue weighted by molar-refractivity contribution is 5.87. The van der Waals surface area contributed by atoms with E-state index in [1.807, 2.05) is 4.90 Å². The Bertz CT molecular complexity index is 324. The van der Waals surface area contributed by atoms with Crippen molar-refractivity contribution in [2.45, 2.75) is 38.8 Å². The quantitative estimate of drug-likeness (QED) is 0.746. The Kier molecular flexibility index (Phi) is 5.41. The maximum Gasteiger partial charge on any atom is 0.245 e. The number of halogens is 1. The minimum Gasteiger partial charge on any atom is -0.336 e. The summed E-state index contributed by atoms with van der Waals surface area (Å²) >= 11 is 0. The summed E-state index contributed by atoms with van der Waals surface area (Å²) in [4.78, 5) is 27.5. The van der Waals surface area contributed by atoms with E-state index in [0.717, 1.165) is 39.0 Å². The van der Waals surface area contributed by atoms with Gasteiger partial charge in [0.2, 0.25) is 11.8 Å². The summed E-state index contributed by atoms with van der Waals surface area (Å²) in [7, 11) is 0. The fourth-order valence-corrected chi connectivity index (χ4v) is 2.76. The standard InChI is InChI=1S/C12H21N3O2.ClH/c1-9-8-13-5-7-14(9)12(17)11-4-3-6-15(11)10(2)16;/h9,11,13H,3-8H2,1-2H3;1H/t9-,11?;/m1./s1. The van der Waals surface area contributed by atoms with E-state index in [-0.39, 0.29) is 36.3 Å². The number of rotatable bonds is 1. The molecule has 0 spiro atoms. The Hall–Kier alpha value is -0.810. The van der Waals surface area contributed by atoms with Crippen LogP contribution in [0.5, 0.6) is 0 Å². The monoisotopic (exact) mass is 275 g/mol. The van der Waals surface area contributed by atoms with Crippen LogP contribution in [0.2, 0.25) is 0 Å². The van der Waals surface area contributed by atoms with Crippen molar-refractivity contribution in [1.29, 1.82) is 0 Å². The highest BCUT2D eigenvalue weighted by Crippen LogP contribution is 2.20. The van der Waals surface area contributed by atoms with Crippen molar-refractivity contribution < 1.29 is 9.59 Å². The fraction of sp³-hybridized carbons (Fsp3) is 0.833. The lowest BCUT2D eigenvalue weighted by atomic mass is 10.1. The molecule has 0 aromatic rings. The minimum atomic E-state index is -0.215. The molecule has 0 radical (unpaired) electrons. The second-order valence-corrected chi connectivity index (χ2v) is 4.96. The Morgan fingerprint density at radius 3 is 2.56 bits per heavy atom. The molecular formula is C12H22ClN3O2. The number of hydrogen-bond acceptors (Lipinski definition) is 3. The number of piperazine rings is 1. The number of hydrogen-bond donors (Lipinski definition) is 1. The summed E-state index contributed by atoms with van der Waals surface area (Å²) in [6.45, 7) is 6.78. The highest BCUT2D eigenvalue weighted by Gasteiger charge is 2.36. The number of carbonyl (C=O) groups is 2. The van der Waals surface area contributed by atoms with Crippen molar-refractivity contribution in [2.24, 2.45) is 0 Å². The van der Waals surface area contributed by atoms with Crippen molar-refractivity contribution >= 4 is 24.2 Å². The van der Waals surface area contributed by atoms with Crippen molar-refractivity contribution in [1.82, 2.24) is 15.1 Å². The zero-order valence-corrected chi connectivity index (χ0v) is 11.8. The van der Waals surface area contributed by atoms with E-state index in [9.17, 15) is 9.59 Å². The molecule has 2 atom stereocenters. The largest absolute Gasteiger partial charge is 0.336 e. The summed E-state index contributed by atoms with van der Waals surface area (Å²) < 4.78 is 0. The molecule has 0 bridgehead atoms. The summed E-state index contributed by atoms with van der Waals surface area (Å²) in [5.41, 5.74) is 0. The molecule has 2 rings (SSSR count).